The van der Waals surface area contributed by atoms with E-state index in [9.17, 15) is 36.1 Å². The van der Waals surface area contributed by atoms with E-state index in [1.165, 1.54) is 12.1 Å². The molecule has 0 saturated carbocycles. The fourth-order valence-electron chi connectivity index (χ4n) is 4.03. The molecule has 1 heterocycles. The summed E-state index contributed by atoms with van der Waals surface area (Å²) in [6.45, 7) is 0.00435. The first-order chi connectivity index (χ1) is 19.6. The number of nitrogens with zero attached hydrogens (tertiary/aromatic N) is 2. The Bertz CT molecular complexity index is 1320. The Hall–Kier alpha value is -3.01. The number of alkyl halides is 3. The fraction of sp³-hybridized carbons (Fsp3) is 0.417. The number of hydrogen-bond donors (Lipinski definition) is 5. The molecule has 3 amide bonds. The van der Waals surface area contributed by atoms with Crippen molar-refractivity contribution < 1.29 is 50.4 Å². The van der Waals surface area contributed by atoms with Gasteiger partial charge in [-0.15, -0.1) is 0 Å². The van der Waals surface area contributed by atoms with Crippen LogP contribution in [0.2, 0.25) is 5.02 Å². The molecule has 1 fully saturated rings. The largest absolute Gasteiger partial charge is 0.469 e. The summed E-state index contributed by atoms with van der Waals surface area (Å²) in [5.74, 6) is -3.81. The van der Waals surface area contributed by atoms with Gasteiger partial charge in [0.1, 0.15) is 0 Å². The number of halogens is 6. The summed E-state index contributed by atoms with van der Waals surface area (Å²) in [5.41, 5.74) is -0.197. The maximum atomic E-state index is 14.8. The van der Waals surface area contributed by atoms with E-state index >= 15 is 0 Å². The maximum Gasteiger partial charge on any atom is 0.469 e. The summed E-state index contributed by atoms with van der Waals surface area (Å²) in [6, 6.07) is 5.80. The number of piperazine rings is 1. The van der Waals surface area contributed by atoms with E-state index in [1.807, 2.05) is 4.90 Å². The second-order valence-electron chi connectivity index (χ2n) is 9.14. The van der Waals surface area contributed by atoms with Crippen LogP contribution in [-0.4, -0.2) is 78.7 Å². The first-order valence-electron chi connectivity index (χ1n) is 12.5. The Balaban J connectivity index is 1.61. The van der Waals surface area contributed by atoms with Crippen LogP contribution >= 0.6 is 19.4 Å². The van der Waals surface area contributed by atoms with E-state index in [0.717, 1.165) is 12.1 Å². The molecule has 11 nitrogen and oxygen atoms in total. The highest BCUT2D eigenvalue weighted by Crippen LogP contribution is 2.35. The van der Waals surface area contributed by atoms with E-state index in [2.05, 4.69) is 20.5 Å². The van der Waals surface area contributed by atoms with Crippen LogP contribution in [0.15, 0.2) is 30.3 Å². The molecule has 0 radical (unpaired) electrons. The zero-order valence-electron chi connectivity index (χ0n) is 21.9. The Labute approximate surface area is 242 Å². The van der Waals surface area contributed by atoms with E-state index < -0.39 is 62.7 Å². The van der Waals surface area contributed by atoms with Gasteiger partial charge >= 0.3 is 20.0 Å². The van der Waals surface area contributed by atoms with Gasteiger partial charge in [-0.1, -0.05) is 17.7 Å². The molecule has 0 unspecified atom stereocenters. The number of hydrogen-bond acceptors (Lipinski definition) is 6. The van der Waals surface area contributed by atoms with Gasteiger partial charge in [0.25, 0.3) is 5.91 Å². The molecule has 232 valence electrons. The number of urea groups is 1. The predicted molar refractivity (Wildman–Crippen MR) is 143 cm³/mol. The highest BCUT2D eigenvalue weighted by molar-refractivity contribution is 7.46. The van der Waals surface area contributed by atoms with Crippen molar-refractivity contribution in [2.45, 2.75) is 19.1 Å². The molecule has 5 N–H and O–H groups in total. The third kappa shape index (κ3) is 10.4. The van der Waals surface area contributed by atoms with Crippen LogP contribution in [0.3, 0.4) is 0 Å². The SMILES string of the molecule is O=C(NCCOP(=O)(O)O)NCc1ccc(C(=O)Nc2ccc(Cl)cc2N2CCN(CCC(F)(F)F)CC2)c(F)c1F. The number of benzene rings is 2. The molecule has 0 atom stereocenters. The Morgan fingerprint density at radius 3 is 2.36 bits per heavy atom. The highest BCUT2D eigenvalue weighted by Gasteiger charge is 2.29. The minimum absolute atomic E-state index is 0.133. The van der Waals surface area contributed by atoms with Gasteiger partial charge in [0, 0.05) is 56.4 Å². The molecule has 18 heteroatoms. The molecule has 0 spiro atoms. The number of nitrogens with one attached hydrogen (secondary N) is 3. The molecule has 2 aromatic carbocycles. The van der Waals surface area contributed by atoms with Gasteiger partial charge < -0.3 is 30.6 Å². The lowest BCUT2D eigenvalue weighted by molar-refractivity contribution is -0.138. The second-order valence-corrected chi connectivity index (χ2v) is 10.8. The average molecular weight is 644 g/mol. The minimum atomic E-state index is -4.70. The number of rotatable bonds is 11. The van der Waals surface area contributed by atoms with Crippen LogP contribution in [-0.2, 0) is 15.6 Å². The van der Waals surface area contributed by atoms with Gasteiger partial charge in [0.15, 0.2) is 11.6 Å². The molecule has 1 aliphatic heterocycles. The first kappa shape index (κ1) is 33.5. The summed E-state index contributed by atoms with van der Waals surface area (Å²) in [4.78, 5) is 45.3. The second kappa shape index (κ2) is 14.4. The lowest BCUT2D eigenvalue weighted by Crippen LogP contribution is -2.47. The number of carbonyl (C=O) groups excluding carboxylic acids is 2. The van der Waals surface area contributed by atoms with Crippen molar-refractivity contribution in [1.82, 2.24) is 15.5 Å². The van der Waals surface area contributed by atoms with Crippen LogP contribution in [0, 0.1) is 11.6 Å². The van der Waals surface area contributed by atoms with Gasteiger partial charge in [-0.3, -0.25) is 14.2 Å². The third-order valence-electron chi connectivity index (χ3n) is 6.13. The van der Waals surface area contributed by atoms with Crippen LogP contribution in [0.25, 0.3) is 0 Å². The van der Waals surface area contributed by atoms with Gasteiger partial charge in [-0.2, -0.15) is 13.2 Å². The number of carbonyl (C=O) groups is 2. The molecule has 2 aromatic rings. The van der Waals surface area contributed by atoms with Crippen molar-refractivity contribution in [3.63, 3.8) is 0 Å². The molecular weight excluding hydrogens is 616 g/mol. The number of anilines is 2. The Morgan fingerprint density at radius 2 is 1.71 bits per heavy atom. The Kier molecular flexibility index (Phi) is 11.5. The summed E-state index contributed by atoms with van der Waals surface area (Å²) < 4.78 is 82.0. The number of amides is 3. The Morgan fingerprint density at radius 1 is 1.02 bits per heavy atom. The van der Waals surface area contributed by atoms with E-state index in [1.54, 1.807) is 11.0 Å². The van der Waals surface area contributed by atoms with Crippen molar-refractivity contribution in [1.29, 1.82) is 0 Å². The van der Waals surface area contributed by atoms with E-state index in [4.69, 9.17) is 21.4 Å². The van der Waals surface area contributed by atoms with Crippen molar-refractivity contribution in [3.05, 3.63) is 58.1 Å². The molecule has 3 rings (SSSR count). The van der Waals surface area contributed by atoms with Crippen LogP contribution in [0.5, 0.6) is 0 Å². The number of phosphoric ester groups is 1. The minimum Gasteiger partial charge on any atom is -0.367 e. The predicted octanol–water partition coefficient (Wildman–Crippen LogP) is 3.85. The van der Waals surface area contributed by atoms with Crippen LogP contribution in [0.4, 0.5) is 38.1 Å². The molecule has 42 heavy (non-hydrogen) atoms. The van der Waals surface area contributed by atoms with Gasteiger partial charge in [-0.05, 0) is 24.3 Å². The molecule has 0 bridgehead atoms. The highest BCUT2D eigenvalue weighted by atomic mass is 35.5. The van der Waals surface area contributed by atoms with Gasteiger partial charge in [0.05, 0.1) is 30.0 Å². The zero-order chi connectivity index (χ0) is 31.1. The first-order valence-corrected chi connectivity index (χ1v) is 14.4. The average Bonchev–Trinajstić information content (AvgIpc) is 2.91. The molecule has 1 aliphatic rings. The quantitative estimate of drug-likeness (QED) is 0.141. The monoisotopic (exact) mass is 643 g/mol. The third-order valence-corrected chi connectivity index (χ3v) is 6.88. The summed E-state index contributed by atoms with van der Waals surface area (Å²) in [6.07, 6.45) is -5.18. The fourth-order valence-corrected chi connectivity index (χ4v) is 4.52. The smallest absolute Gasteiger partial charge is 0.367 e. The standard InChI is InChI=1S/C24H28ClF5N5O6P/c25-16-2-4-18(19(13-16)35-10-8-34(9-11-35)7-5-24(28,29)30)33-22(36)17-3-1-15(20(26)21(17)27)14-32-23(37)31-6-12-41-42(38,39)40/h1-4,13H,5-12,14H2,(H,33,36)(H2,31,32,37)(H2,38,39,40). The van der Waals surface area contributed by atoms with Gasteiger partial charge in [0.2, 0.25) is 0 Å². The molecule has 0 aromatic heterocycles. The lowest BCUT2D eigenvalue weighted by atomic mass is 10.1. The van der Waals surface area contributed by atoms with Crippen molar-refractivity contribution in [2.24, 2.45) is 0 Å². The van der Waals surface area contributed by atoms with Crippen LogP contribution in [0.1, 0.15) is 22.3 Å². The molecular formula is C24H28ClF5N5O6P. The topological polar surface area (TPSA) is 143 Å². The zero-order valence-corrected chi connectivity index (χ0v) is 23.5. The molecule has 0 aliphatic carbocycles. The number of phosphoric acid groups is 1. The van der Waals surface area contributed by atoms with Crippen molar-refractivity contribution in [2.75, 3.05) is 56.1 Å². The van der Waals surface area contributed by atoms with Crippen LogP contribution < -0.4 is 20.9 Å². The summed E-state index contributed by atoms with van der Waals surface area (Å²) in [7, 11) is -4.70. The summed E-state index contributed by atoms with van der Waals surface area (Å²) >= 11 is 6.13. The molecule has 1 saturated heterocycles. The lowest BCUT2D eigenvalue weighted by Gasteiger charge is -2.37. The van der Waals surface area contributed by atoms with E-state index in [-0.39, 0.29) is 24.3 Å². The van der Waals surface area contributed by atoms with Gasteiger partial charge in [-0.25, -0.2) is 18.1 Å². The maximum absolute atomic E-state index is 14.8. The van der Waals surface area contributed by atoms with E-state index in [0.29, 0.717) is 36.9 Å². The normalized spacial score (nSPS) is 14.5. The summed E-state index contributed by atoms with van der Waals surface area (Å²) in [5, 5.41) is 7.30. The van der Waals surface area contributed by atoms with Crippen molar-refractivity contribution >= 4 is 42.7 Å². The van der Waals surface area contributed by atoms with Crippen molar-refractivity contribution in [3.8, 4) is 0 Å².